The van der Waals surface area contributed by atoms with Gasteiger partial charge in [0.05, 0.1) is 10.2 Å². The van der Waals surface area contributed by atoms with E-state index in [2.05, 4.69) is 35.6 Å². The molecule has 0 aliphatic heterocycles. The molecule has 4 rings (SSSR count). The van der Waals surface area contributed by atoms with Crippen LogP contribution in [0, 0.1) is 5.51 Å². The fourth-order valence-electron chi connectivity index (χ4n) is 1.63. The van der Waals surface area contributed by atoms with Crippen molar-refractivity contribution < 1.29 is 0 Å². The molecule has 4 aromatic rings. The van der Waals surface area contributed by atoms with Crippen LogP contribution < -0.4 is 0 Å². The van der Waals surface area contributed by atoms with Crippen molar-refractivity contribution in [3.8, 4) is 11.4 Å². The van der Waals surface area contributed by atoms with Gasteiger partial charge in [-0.15, -0.1) is 32.9 Å². The number of fused-ring (bicyclic) bond motifs is 2. The standard InChI is InChI=1S/C10H3N6S2/c1-5(15-16-9-6(1)17-3-13-9)7-8-10(12-2-11-7)14-4-18-8/h1-2,4H. The minimum atomic E-state index is 0.610. The van der Waals surface area contributed by atoms with E-state index in [4.69, 9.17) is 0 Å². The molecular weight excluding hydrogens is 268 g/mol. The minimum Gasteiger partial charge on any atom is -0.233 e. The van der Waals surface area contributed by atoms with Crippen LogP contribution >= 0.6 is 22.7 Å². The summed E-state index contributed by atoms with van der Waals surface area (Å²) < 4.78 is 1.86. The van der Waals surface area contributed by atoms with Crippen molar-refractivity contribution in [2.75, 3.05) is 0 Å². The van der Waals surface area contributed by atoms with E-state index in [-0.39, 0.29) is 0 Å². The highest BCUT2D eigenvalue weighted by Gasteiger charge is 2.11. The van der Waals surface area contributed by atoms with Gasteiger partial charge >= 0.3 is 0 Å². The molecule has 0 aromatic carbocycles. The second-order valence-electron chi connectivity index (χ2n) is 3.45. The first-order chi connectivity index (χ1) is 8.92. The van der Waals surface area contributed by atoms with Crippen LogP contribution in [0.3, 0.4) is 0 Å². The Kier molecular flexibility index (Phi) is 2.05. The Balaban J connectivity index is 2.03. The largest absolute Gasteiger partial charge is 0.233 e. The van der Waals surface area contributed by atoms with Gasteiger partial charge in [0.1, 0.15) is 22.4 Å². The molecule has 4 heterocycles. The van der Waals surface area contributed by atoms with Crippen molar-refractivity contribution in [3.63, 3.8) is 0 Å². The number of thiazole rings is 2. The van der Waals surface area contributed by atoms with Crippen LogP contribution in [0.1, 0.15) is 0 Å². The van der Waals surface area contributed by atoms with E-state index in [1.807, 2.05) is 6.07 Å². The van der Waals surface area contributed by atoms with Gasteiger partial charge in [-0.25, -0.2) is 19.9 Å². The highest BCUT2D eigenvalue weighted by atomic mass is 32.1. The number of rotatable bonds is 1. The van der Waals surface area contributed by atoms with E-state index in [0.717, 1.165) is 15.1 Å². The Bertz CT molecular complexity index is 851. The van der Waals surface area contributed by atoms with Crippen LogP contribution in [-0.4, -0.2) is 30.1 Å². The van der Waals surface area contributed by atoms with Crippen molar-refractivity contribution in [3.05, 3.63) is 23.4 Å². The molecule has 0 aliphatic rings. The first kappa shape index (κ1) is 9.92. The summed E-state index contributed by atoms with van der Waals surface area (Å²) in [5, 5.41) is 8.19. The van der Waals surface area contributed by atoms with Crippen molar-refractivity contribution in [2.24, 2.45) is 0 Å². The molecule has 6 nitrogen and oxygen atoms in total. The molecule has 18 heavy (non-hydrogen) atoms. The number of hydrogen-bond acceptors (Lipinski definition) is 8. The second kappa shape index (κ2) is 3.72. The maximum Gasteiger partial charge on any atom is 0.193 e. The summed E-state index contributed by atoms with van der Waals surface area (Å²) in [6, 6.07) is 1.91. The van der Waals surface area contributed by atoms with E-state index >= 15 is 0 Å². The zero-order valence-corrected chi connectivity index (χ0v) is 10.4. The Morgan fingerprint density at radius 2 is 2.06 bits per heavy atom. The molecule has 85 valence electrons. The monoisotopic (exact) mass is 271 g/mol. The Morgan fingerprint density at radius 3 is 3.06 bits per heavy atom. The molecule has 0 saturated carbocycles. The van der Waals surface area contributed by atoms with Crippen LogP contribution in [0.15, 0.2) is 17.9 Å². The van der Waals surface area contributed by atoms with Gasteiger partial charge in [0, 0.05) is 0 Å². The molecule has 0 aliphatic carbocycles. The van der Waals surface area contributed by atoms with Crippen LogP contribution in [0.5, 0.6) is 0 Å². The van der Waals surface area contributed by atoms with Crippen molar-refractivity contribution in [2.45, 2.75) is 0 Å². The molecule has 0 bridgehead atoms. The molecule has 0 amide bonds. The van der Waals surface area contributed by atoms with Gasteiger partial charge in [0.2, 0.25) is 0 Å². The van der Waals surface area contributed by atoms with E-state index < -0.39 is 0 Å². The average molecular weight is 271 g/mol. The van der Waals surface area contributed by atoms with Gasteiger partial charge < -0.3 is 0 Å². The molecule has 4 aromatic heterocycles. The summed E-state index contributed by atoms with van der Waals surface area (Å²) in [6.45, 7) is 0. The van der Waals surface area contributed by atoms with Crippen LogP contribution in [-0.2, 0) is 0 Å². The predicted octanol–water partition coefficient (Wildman–Crippen LogP) is 1.95. The molecule has 0 saturated heterocycles. The fraction of sp³-hybridized carbons (Fsp3) is 0. The zero-order valence-electron chi connectivity index (χ0n) is 8.73. The van der Waals surface area contributed by atoms with Crippen LogP contribution in [0.4, 0.5) is 0 Å². The van der Waals surface area contributed by atoms with Crippen molar-refractivity contribution in [1.82, 2.24) is 30.1 Å². The number of nitrogens with zero attached hydrogens (tertiary/aromatic N) is 6. The molecule has 1 radical (unpaired) electrons. The Morgan fingerprint density at radius 1 is 1.06 bits per heavy atom. The van der Waals surface area contributed by atoms with Gasteiger partial charge in [-0.05, 0) is 6.07 Å². The summed E-state index contributed by atoms with van der Waals surface area (Å²) in [7, 11) is 0. The maximum atomic E-state index is 4.27. The topological polar surface area (TPSA) is 77.3 Å². The van der Waals surface area contributed by atoms with Crippen molar-refractivity contribution in [1.29, 1.82) is 0 Å². The molecule has 0 spiro atoms. The summed E-state index contributed by atoms with van der Waals surface area (Å²) in [5.41, 5.74) is 7.29. The smallest absolute Gasteiger partial charge is 0.193 e. The predicted molar refractivity (Wildman–Crippen MR) is 68.2 cm³/mol. The second-order valence-corrected chi connectivity index (χ2v) is 5.13. The average Bonchev–Trinajstić information content (AvgIpc) is 3.05. The third-order valence-corrected chi connectivity index (χ3v) is 3.95. The highest BCUT2D eigenvalue weighted by Crippen LogP contribution is 2.28. The Labute approximate surface area is 108 Å². The number of aromatic nitrogens is 6. The summed E-state index contributed by atoms with van der Waals surface area (Å²) in [6.07, 6.45) is 1.49. The lowest BCUT2D eigenvalue weighted by molar-refractivity contribution is 1.05. The van der Waals surface area contributed by atoms with Gasteiger partial charge in [0.15, 0.2) is 16.8 Å². The fourth-order valence-corrected chi connectivity index (χ4v) is 2.94. The molecule has 0 N–H and O–H groups in total. The lowest BCUT2D eigenvalue weighted by Gasteiger charge is -1.98. The van der Waals surface area contributed by atoms with Crippen LogP contribution in [0.2, 0.25) is 0 Å². The third kappa shape index (κ3) is 1.39. The zero-order chi connectivity index (χ0) is 11.9. The quantitative estimate of drug-likeness (QED) is 0.526. The lowest BCUT2D eigenvalue weighted by atomic mass is 10.3. The molecule has 0 unspecified atom stereocenters. The first-order valence-corrected chi connectivity index (χ1v) is 6.66. The molecule has 0 atom stereocenters. The molecular formula is C10H3N6S2. The third-order valence-electron chi connectivity index (χ3n) is 2.42. The van der Waals surface area contributed by atoms with Gasteiger partial charge in [-0.1, -0.05) is 0 Å². The van der Waals surface area contributed by atoms with E-state index in [1.165, 1.54) is 29.0 Å². The highest BCUT2D eigenvalue weighted by molar-refractivity contribution is 7.17. The van der Waals surface area contributed by atoms with Crippen molar-refractivity contribution >= 4 is 43.4 Å². The summed E-state index contributed by atoms with van der Waals surface area (Å²) >= 11 is 2.90. The Hall–Kier alpha value is -2.06. The first-order valence-electron chi connectivity index (χ1n) is 4.97. The molecule has 8 heteroatoms. The summed E-state index contributed by atoms with van der Waals surface area (Å²) in [4.78, 5) is 16.5. The minimum absolute atomic E-state index is 0.610. The van der Waals surface area contributed by atoms with Crippen LogP contribution in [0.25, 0.3) is 32.1 Å². The SMILES string of the molecule is [c]1nc2nnc(-c3ncnc4ncsc34)cc2s1. The normalized spacial score (nSPS) is 11.3. The molecule has 0 fully saturated rings. The van der Waals surface area contributed by atoms with Gasteiger partial charge in [-0.2, -0.15) is 0 Å². The van der Waals surface area contributed by atoms with Gasteiger partial charge in [0.25, 0.3) is 0 Å². The lowest BCUT2D eigenvalue weighted by Crippen LogP contribution is -1.92. The number of hydrogen-bond donors (Lipinski definition) is 0. The van der Waals surface area contributed by atoms with E-state index in [1.54, 1.807) is 5.51 Å². The summed E-state index contributed by atoms with van der Waals surface area (Å²) in [5.74, 6) is 0. The van der Waals surface area contributed by atoms with E-state index in [9.17, 15) is 0 Å². The van der Waals surface area contributed by atoms with E-state index in [0.29, 0.717) is 17.0 Å². The maximum absolute atomic E-state index is 4.27. The van der Waals surface area contributed by atoms with Gasteiger partial charge in [-0.3, -0.25) is 0 Å².